The molecule has 0 aliphatic rings. The van der Waals surface area contributed by atoms with Crippen LogP contribution in [0.3, 0.4) is 0 Å². The molecule has 0 saturated heterocycles. The minimum Gasteiger partial charge on any atom is -0.502 e. The fraction of sp³-hybridized carbons (Fsp3) is 0. The van der Waals surface area contributed by atoms with Crippen molar-refractivity contribution in [3.8, 4) is 17.1 Å². The van der Waals surface area contributed by atoms with Crippen LogP contribution in [0.15, 0.2) is 33.4 Å². The number of hydrogen-bond acceptors (Lipinski definition) is 5. The van der Waals surface area contributed by atoms with Gasteiger partial charge in [0.1, 0.15) is 0 Å². The zero-order valence-corrected chi connectivity index (χ0v) is 9.34. The smallest absolute Gasteiger partial charge is 0.312 e. The molecule has 0 atom stereocenters. The number of benzene rings is 1. The van der Waals surface area contributed by atoms with Crippen molar-refractivity contribution in [1.82, 2.24) is 5.16 Å². The van der Waals surface area contributed by atoms with Crippen LogP contribution in [0.4, 0.5) is 5.69 Å². The summed E-state index contributed by atoms with van der Waals surface area (Å²) in [5, 5.41) is 23.9. The Morgan fingerprint density at radius 2 is 2.25 bits per heavy atom. The molecule has 1 aromatic carbocycles. The van der Waals surface area contributed by atoms with Gasteiger partial charge in [-0.25, -0.2) is 0 Å². The van der Waals surface area contributed by atoms with Crippen LogP contribution in [0.25, 0.3) is 11.3 Å². The van der Waals surface area contributed by atoms with Gasteiger partial charge >= 0.3 is 5.69 Å². The number of aromatic nitrogens is 1. The maximum absolute atomic E-state index is 10.7. The SMILES string of the molecule is O=[N+]([O-])c1cc(Br)cc(-c2ccno2)c1O. The summed E-state index contributed by atoms with van der Waals surface area (Å²) in [4.78, 5) is 10.0. The molecule has 2 aromatic rings. The lowest BCUT2D eigenvalue weighted by Gasteiger charge is -2.02. The van der Waals surface area contributed by atoms with E-state index < -0.39 is 10.7 Å². The molecule has 0 bridgehead atoms. The average Bonchev–Trinajstić information content (AvgIpc) is 2.73. The van der Waals surface area contributed by atoms with Gasteiger partial charge in [-0.3, -0.25) is 10.1 Å². The number of halogens is 1. The summed E-state index contributed by atoms with van der Waals surface area (Å²) < 4.78 is 5.31. The summed E-state index contributed by atoms with van der Waals surface area (Å²) in [6, 6.07) is 4.24. The number of nitro groups is 1. The molecule has 0 aliphatic heterocycles. The summed E-state index contributed by atoms with van der Waals surface area (Å²) in [7, 11) is 0. The van der Waals surface area contributed by atoms with E-state index in [1.54, 1.807) is 0 Å². The van der Waals surface area contributed by atoms with Crippen LogP contribution in [-0.2, 0) is 0 Å². The van der Waals surface area contributed by atoms with Gasteiger partial charge in [0.05, 0.1) is 16.7 Å². The van der Waals surface area contributed by atoms with Crippen molar-refractivity contribution in [2.45, 2.75) is 0 Å². The van der Waals surface area contributed by atoms with Gasteiger partial charge < -0.3 is 9.63 Å². The van der Waals surface area contributed by atoms with Gasteiger partial charge in [0, 0.05) is 16.6 Å². The third kappa shape index (κ3) is 1.76. The first-order chi connectivity index (χ1) is 7.59. The van der Waals surface area contributed by atoms with Crippen LogP contribution < -0.4 is 0 Å². The number of phenolic OH excluding ortho intramolecular Hbond substituents is 1. The van der Waals surface area contributed by atoms with E-state index in [0.717, 1.165) is 0 Å². The van der Waals surface area contributed by atoms with Gasteiger partial charge in [-0.05, 0) is 6.07 Å². The zero-order chi connectivity index (χ0) is 11.7. The Balaban J connectivity index is 2.67. The van der Waals surface area contributed by atoms with Gasteiger partial charge in [-0.15, -0.1) is 0 Å². The molecule has 82 valence electrons. The molecule has 1 N–H and O–H groups in total. The van der Waals surface area contributed by atoms with Crippen molar-refractivity contribution in [3.63, 3.8) is 0 Å². The number of nitrogens with zero attached hydrogens (tertiary/aromatic N) is 2. The lowest BCUT2D eigenvalue weighted by atomic mass is 10.1. The maximum Gasteiger partial charge on any atom is 0.312 e. The van der Waals surface area contributed by atoms with E-state index in [1.165, 1.54) is 24.4 Å². The fourth-order valence-corrected chi connectivity index (χ4v) is 1.71. The van der Waals surface area contributed by atoms with Crippen molar-refractivity contribution in [1.29, 1.82) is 0 Å². The van der Waals surface area contributed by atoms with Crippen molar-refractivity contribution in [3.05, 3.63) is 39.0 Å². The highest BCUT2D eigenvalue weighted by Gasteiger charge is 2.21. The Morgan fingerprint density at radius 3 is 2.81 bits per heavy atom. The lowest BCUT2D eigenvalue weighted by molar-refractivity contribution is -0.385. The standard InChI is InChI=1S/C9H5BrN2O4/c10-5-3-6(8-1-2-11-16-8)9(13)7(4-5)12(14)15/h1-4,13H. The van der Waals surface area contributed by atoms with Crippen LogP contribution in [0.2, 0.25) is 0 Å². The normalized spacial score (nSPS) is 10.3. The molecule has 1 heterocycles. The monoisotopic (exact) mass is 284 g/mol. The highest BCUT2D eigenvalue weighted by Crippen LogP contribution is 2.39. The van der Waals surface area contributed by atoms with Crippen LogP contribution in [0, 0.1) is 10.1 Å². The first-order valence-corrected chi connectivity index (χ1v) is 4.97. The number of rotatable bonds is 2. The highest BCUT2D eigenvalue weighted by atomic mass is 79.9. The topological polar surface area (TPSA) is 89.4 Å². The van der Waals surface area contributed by atoms with Crippen molar-refractivity contribution < 1.29 is 14.6 Å². The van der Waals surface area contributed by atoms with Crippen LogP contribution in [0.1, 0.15) is 0 Å². The van der Waals surface area contributed by atoms with Gasteiger partial charge in [0.25, 0.3) is 0 Å². The molecular weight excluding hydrogens is 280 g/mol. The van der Waals surface area contributed by atoms with Crippen molar-refractivity contribution in [2.24, 2.45) is 0 Å². The zero-order valence-electron chi connectivity index (χ0n) is 7.75. The number of phenols is 1. The molecule has 0 unspecified atom stereocenters. The molecule has 7 heteroatoms. The van der Waals surface area contributed by atoms with Crippen LogP contribution in [0.5, 0.6) is 5.75 Å². The van der Waals surface area contributed by atoms with Crippen molar-refractivity contribution >= 4 is 21.6 Å². The minimum atomic E-state index is -0.667. The molecule has 0 fully saturated rings. The van der Waals surface area contributed by atoms with Gasteiger partial charge in [0.2, 0.25) is 5.75 Å². The molecule has 2 rings (SSSR count). The summed E-state index contributed by atoms with van der Waals surface area (Å²) in [5.74, 6) is -0.174. The Labute approximate surface area is 97.8 Å². The third-order valence-corrected chi connectivity index (χ3v) is 2.41. The van der Waals surface area contributed by atoms with Crippen molar-refractivity contribution in [2.75, 3.05) is 0 Å². The predicted molar refractivity (Wildman–Crippen MR) is 58.0 cm³/mol. The van der Waals surface area contributed by atoms with E-state index in [9.17, 15) is 15.2 Å². The molecule has 0 aliphatic carbocycles. The summed E-state index contributed by atoms with van der Waals surface area (Å²) in [5.41, 5.74) is -0.167. The summed E-state index contributed by atoms with van der Waals surface area (Å²) >= 11 is 3.12. The summed E-state index contributed by atoms with van der Waals surface area (Å²) in [6.07, 6.45) is 1.39. The predicted octanol–water partition coefficient (Wildman–Crippen LogP) is 2.72. The molecule has 1 aromatic heterocycles. The minimum absolute atomic E-state index is 0.221. The van der Waals surface area contributed by atoms with E-state index in [0.29, 0.717) is 4.47 Å². The molecule has 0 amide bonds. The van der Waals surface area contributed by atoms with Crippen LogP contribution in [-0.4, -0.2) is 15.2 Å². The van der Waals surface area contributed by atoms with Gasteiger partial charge in [-0.2, -0.15) is 0 Å². The Kier molecular flexibility index (Phi) is 2.61. The van der Waals surface area contributed by atoms with E-state index in [-0.39, 0.29) is 17.0 Å². The third-order valence-electron chi connectivity index (χ3n) is 1.95. The fourth-order valence-electron chi connectivity index (χ4n) is 1.27. The van der Waals surface area contributed by atoms with Gasteiger partial charge in [-0.1, -0.05) is 21.1 Å². The van der Waals surface area contributed by atoms with E-state index >= 15 is 0 Å². The Morgan fingerprint density at radius 1 is 1.50 bits per heavy atom. The number of aromatic hydroxyl groups is 1. The molecule has 6 nitrogen and oxygen atoms in total. The molecule has 16 heavy (non-hydrogen) atoms. The quantitative estimate of drug-likeness (QED) is 0.676. The maximum atomic E-state index is 10.7. The second kappa shape index (κ2) is 3.93. The highest BCUT2D eigenvalue weighted by molar-refractivity contribution is 9.10. The van der Waals surface area contributed by atoms with E-state index in [1.807, 2.05) is 0 Å². The molecule has 0 spiro atoms. The Bertz CT molecular complexity index is 539. The molecule has 0 radical (unpaired) electrons. The number of hydrogen-bond donors (Lipinski definition) is 1. The van der Waals surface area contributed by atoms with Crippen LogP contribution >= 0.6 is 15.9 Å². The second-order valence-electron chi connectivity index (χ2n) is 2.95. The Hall–Kier alpha value is -1.89. The second-order valence-corrected chi connectivity index (χ2v) is 3.87. The average molecular weight is 285 g/mol. The largest absolute Gasteiger partial charge is 0.502 e. The first kappa shape index (κ1) is 10.6. The van der Waals surface area contributed by atoms with E-state index in [2.05, 4.69) is 21.1 Å². The summed E-state index contributed by atoms with van der Waals surface area (Å²) in [6.45, 7) is 0. The van der Waals surface area contributed by atoms with E-state index in [4.69, 9.17) is 4.52 Å². The first-order valence-electron chi connectivity index (χ1n) is 4.17. The molecule has 0 saturated carbocycles. The lowest BCUT2D eigenvalue weighted by Crippen LogP contribution is -1.90. The molecular formula is C9H5BrN2O4. The van der Waals surface area contributed by atoms with Gasteiger partial charge in [0.15, 0.2) is 5.76 Å². The number of nitro benzene ring substituents is 1.